The molecule has 1 amide bonds. The van der Waals surface area contributed by atoms with Crippen molar-refractivity contribution in [3.63, 3.8) is 0 Å². The SMILES string of the molecule is COc1ccc(F)c(F)c1C(=O)NC[C@H]1CC[C@@H]2CCC[C@@H]21. The molecule has 0 aliphatic heterocycles. The molecule has 0 radical (unpaired) electrons. The third-order valence-corrected chi connectivity index (χ3v) is 5.26. The molecule has 0 heterocycles. The van der Waals surface area contributed by atoms with Crippen LogP contribution in [0.15, 0.2) is 12.1 Å². The van der Waals surface area contributed by atoms with Crippen LogP contribution in [-0.4, -0.2) is 19.6 Å². The molecule has 3 atom stereocenters. The van der Waals surface area contributed by atoms with E-state index in [0.29, 0.717) is 18.4 Å². The van der Waals surface area contributed by atoms with Crippen LogP contribution in [0.2, 0.25) is 0 Å². The number of carbonyl (C=O) groups excluding carboxylic acids is 1. The van der Waals surface area contributed by atoms with Gasteiger partial charge in [0, 0.05) is 6.54 Å². The molecule has 2 saturated carbocycles. The first-order chi connectivity index (χ1) is 10.6. The highest BCUT2D eigenvalue weighted by atomic mass is 19.2. The first-order valence-electron chi connectivity index (χ1n) is 7.92. The number of ether oxygens (including phenoxy) is 1. The fraction of sp³-hybridized carbons (Fsp3) is 0.588. The lowest BCUT2D eigenvalue weighted by molar-refractivity contribution is 0.0934. The van der Waals surface area contributed by atoms with Gasteiger partial charge in [-0.15, -0.1) is 0 Å². The van der Waals surface area contributed by atoms with Crippen LogP contribution in [-0.2, 0) is 0 Å². The topological polar surface area (TPSA) is 38.3 Å². The third kappa shape index (κ3) is 2.69. The molecule has 5 heteroatoms. The standard InChI is InChI=1S/C17H21F2NO2/c1-22-14-8-7-13(18)16(19)15(14)17(21)20-9-11-6-5-10-3-2-4-12(10)11/h7-8,10-12H,2-6,9H2,1H3,(H,20,21)/t10-,11+,12-/m0/s1. The Morgan fingerprint density at radius 3 is 2.86 bits per heavy atom. The molecular weight excluding hydrogens is 288 g/mol. The van der Waals surface area contributed by atoms with E-state index in [0.717, 1.165) is 18.4 Å². The summed E-state index contributed by atoms with van der Waals surface area (Å²) in [6.45, 7) is 0.527. The molecule has 0 aromatic heterocycles. The molecule has 2 fully saturated rings. The number of halogens is 2. The molecule has 3 rings (SSSR count). The second kappa shape index (κ2) is 6.23. The zero-order valence-electron chi connectivity index (χ0n) is 12.7. The Morgan fingerprint density at radius 2 is 2.09 bits per heavy atom. The van der Waals surface area contributed by atoms with Gasteiger partial charge in [-0.25, -0.2) is 8.78 Å². The fourth-order valence-electron chi connectivity index (χ4n) is 4.17. The van der Waals surface area contributed by atoms with E-state index in [4.69, 9.17) is 4.74 Å². The van der Waals surface area contributed by atoms with Crippen molar-refractivity contribution in [2.45, 2.75) is 32.1 Å². The van der Waals surface area contributed by atoms with Crippen LogP contribution in [0.5, 0.6) is 5.75 Å². The summed E-state index contributed by atoms with van der Waals surface area (Å²) in [6, 6.07) is 2.24. The molecule has 120 valence electrons. The zero-order chi connectivity index (χ0) is 15.7. The Balaban J connectivity index is 1.69. The number of nitrogens with one attached hydrogen (secondary N) is 1. The summed E-state index contributed by atoms with van der Waals surface area (Å²) in [7, 11) is 1.34. The van der Waals surface area contributed by atoms with Gasteiger partial charge in [0.15, 0.2) is 11.6 Å². The largest absolute Gasteiger partial charge is 0.496 e. The normalized spacial score (nSPS) is 26.8. The molecule has 2 aliphatic rings. The highest BCUT2D eigenvalue weighted by Crippen LogP contribution is 2.47. The van der Waals surface area contributed by atoms with Gasteiger partial charge >= 0.3 is 0 Å². The summed E-state index contributed by atoms with van der Waals surface area (Å²) < 4.78 is 32.2. The highest BCUT2D eigenvalue weighted by molar-refractivity contribution is 5.97. The van der Waals surface area contributed by atoms with Crippen molar-refractivity contribution in [1.82, 2.24) is 5.32 Å². The van der Waals surface area contributed by atoms with Crippen molar-refractivity contribution in [3.8, 4) is 5.75 Å². The Kier molecular flexibility index (Phi) is 4.32. The van der Waals surface area contributed by atoms with E-state index in [1.54, 1.807) is 0 Å². The fourth-order valence-corrected chi connectivity index (χ4v) is 4.17. The second-order valence-corrected chi connectivity index (χ2v) is 6.34. The maximum atomic E-state index is 13.9. The Hall–Kier alpha value is -1.65. The molecule has 1 aromatic rings. The van der Waals surface area contributed by atoms with Crippen LogP contribution in [0.25, 0.3) is 0 Å². The van der Waals surface area contributed by atoms with Gasteiger partial charge in [0.1, 0.15) is 11.3 Å². The highest BCUT2D eigenvalue weighted by Gasteiger charge is 2.39. The van der Waals surface area contributed by atoms with E-state index in [1.165, 1.54) is 38.9 Å². The van der Waals surface area contributed by atoms with Crippen LogP contribution >= 0.6 is 0 Å². The molecule has 0 spiro atoms. The van der Waals surface area contributed by atoms with Crippen molar-refractivity contribution in [3.05, 3.63) is 29.3 Å². The van der Waals surface area contributed by atoms with Gasteiger partial charge < -0.3 is 10.1 Å². The lowest BCUT2D eigenvalue weighted by Gasteiger charge is -2.19. The van der Waals surface area contributed by atoms with E-state index in [9.17, 15) is 13.6 Å². The first kappa shape index (κ1) is 15.3. The lowest BCUT2D eigenvalue weighted by atomic mass is 9.92. The predicted molar refractivity (Wildman–Crippen MR) is 78.8 cm³/mol. The second-order valence-electron chi connectivity index (χ2n) is 6.34. The van der Waals surface area contributed by atoms with E-state index in [1.807, 2.05) is 0 Å². The van der Waals surface area contributed by atoms with Crippen molar-refractivity contribution < 1.29 is 18.3 Å². The van der Waals surface area contributed by atoms with Crippen molar-refractivity contribution in [2.75, 3.05) is 13.7 Å². The third-order valence-electron chi connectivity index (χ3n) is 5.26. The quantitative estimate of drug-likeness (QED) is 0.924. The zero-order valence-corrected chi connectivity index (χ0v) is 12.7. The average Bonchev–Trinajstić information content (AvgIpc) is 3.11. The van der Waals surface area contributed by atoms with Crippen LogP contribution < -0.4 is 10.1 Å². The average molecular weight is 309 g/mol. The minimum atomic E-state index is -1.15. The molecule has 0 unspecified atom stereocenters. The molecule has 2 aliphatic carbocycles. The maximum absolute atomic E-state index is 13.9. The van der Waals surface area contributed by atoms with Gasteiger partial charge in [-0.05, 0) is 49.1 Å². The molecule has 0 saturated heterocycles. The molecule has 3 nitrogen and oxygen atoms in total. The van der Waals surface area contributed by atoms with Gasteiger partial charge in [-0.1, -0.05) is 12.8 Å². The van der Waals surface area contributed by atoms with Crippen LogP contribution in [0, 0.1) is 29.4 Å². The van der Waals surface area contributed by atoms with Gasteiger partial charge in [-0.2, -0.15) is 0 Å². The summed E-state index contributed by atoms with van der Waals surface area (Å²) in [5.74, 6) is -0.803. The summed E-state index contributed by atoms with van der Waals surface area (Å²) in [4.78, 5) is 12.2. The summed E-state index contributed by atoms with van der Waals surface area (Å²) in [6.07, 6.45) is 6.12. The number of methoxy groups -OCH3 is 1. The van der Waals surface area contributed by atoms with Gasteiger partial charge in [0.25, 0.3) is 5.91 Å². The first-order valence-corrected chi connectivity index (χ1v) is 7.92. The Morgan fingerprint density at radius 1 is 1.27 bits per heavy atom. The maximum Gasteiger partial charge on any atom is 0.258 e. The number of amides is 1. The van der Waals surface area contributed by atoms with E-state index >= 15 is 0 Å². The lowest BCUT2D eigenvalue weighted by Crippen LogP contribution is -2.32. The number of hydrogen-bond donors (Lipinski definition) is 1. The predicted octanol–water partition coefficient (Wildman–Crippen LogP) is 3.53. The molecule has 0 bridgehead atoms. The van der Waals surface area contributed by atoms with Gasteiger partial charge in [-0.3, -0.25) is 4.79 Å². The number of benzene rings is 1. The van der Waals surface area contributed by atoms with Crippen LogP contribution in [0.3, 0.4) is 0 Å². The summed E-state index contributed by atoms with van der Waals surface area (Å²) >= 11 is 0. The molecule has 1 N–H and O–H groups in total. The Bertz CT molecular complexity index is 576. The number of carbonyl (C=O) groups is 1. The van der Waals surface area contributed by atoms with Crippen molar-refractivity contribution in [1.29, 1.82) is 0 Å². The van der Waals surface area contributed by atoms with Gasteiger partial charge in [0.05, 0.1) is 7.11 Å². The van der Waals surface area contributed by atoms with Crippen LogP contribution in [0.4, 0.5) is 8.78 Å². The monoisotopic (exact) mass is 309 g/mol. The Labute approximate surface area is 129 Å². The van der Waals surface area contributed by atoms with E-state index in [2.05, 4.69) is 5.32 Å². The summed E-state index contributed by atoms with van der Waals surface area (Å²) in [5.41, 5.74) is -0.344. The molecule has 1 aromatic carbocycles. The minimum Gasteiger partial charge on any atom is -0.496 e. The summed E-state index contributed by atoms with van der Waals surface area (Å²) in [5, 5.41) is 2.77. The molecule has 22 heavy (non-hydrogen) atoms. The van der Waals surface area contributed by atoms with Gasteiger partial charge in [0.2, 0.25) is 0 Å². The molecular formula is C17H21F2NO2. The van der Waals surface area contributed by atoms with Crippen molar-refractivity contribution >= 4 is 5.91 Å². The van der Waals surface area contributed by atoms with E-state index < -0.39 is 17.5 Å². The number of rotatable bonds is 4. The van der Waals surface area contributed by atoms with Crippen LogP contribution in [0.1, 0.15) is 42.5 Å². The smallest absolute Gasteiger partial charge is 0.258 e. The van der Waals surface area contributed by atoms with Crippen molar-refractivity contribution in [2.24, 2.45) is 17.8 Å². The minimum absolute atomic E-state index is 0.0570. The van der Waals surface area contributed by atoms with E-state index in [-0.39, 0.29) is 11.3 Å². The number of hydrogen-bond acceptors (Lipinski definition) is 2. The number of fused-ring (bicyclic) bond motifs is 1.